The van der Waals surface area contributed by atoms with Gasteiger partial charge in [-0.25, -0.2) is 4.79 Å². The lowest BCUT2D eigenvalue weighted by Crippen LogP contribution is -2.43. The van der Waals surface area contributed by atoms with Crippen molar-refractivity contribution in [1.29, 1.82) is 0 Å². The fourth-order valence-electron chi connectivity index (χ4n) is 4.50. The predicted octanol–water partition coefficient (Wildman–Crippen LogP) is 1.88. The number of carboxylic acid groups (broad SMARTS) is 1. The highest BCUT2D eigenvalue weighted by atomic mass is 16.5. The van der Waals surface area contributed by atoms with Gasteiger partial charge < -0.3 is 14.7 Å². The van der Waals surface area contributed by atoms with Gasteiger partial charge in [0, 0.05) is 13.0 Å². The smallest absolute Gasteiger partial charge is 0.326 e. The van der Waals surface area contributed by atoms with E-state index in [-0.39, 0.29) is 18.2 Å². The molecule has 0 bridgehead atoms. The number of carbonyl (C=O) groups is 2. The summed E-state index contributed by atoms with van der Waals surface area (Å²) < 4.78 is 5.48. The van der Waals surface area contributed by atoms with E-state index < -0.39 is 12.0 Å². The normalized spacial score (nSPS) is 28.3. The summed E-state index contributed by atoms with van der Waals surface area (Å²) in [6, 6.07) is 5.22. The molecule has 1 saturated heterocycles. The van der Waals surface area contributed by atoms with Gasteiger partial charge >= 0.3 is 5.97 Å². The molecule has 0 radical (unpaired) electrons. The molecule has 4 rings (SSSR count). The fourth-order valence-corrected chi connectivity index (χ4v) is 4.50. The minimum Gasteiger partial charge on any atom is -0.493 e. The molecule has 1 aliphatic carbocycles. The second-order valence-electron chi connectivity index (χ2n) is 6.90. The monoisotopic (exact) mass is 315 g/mol. The first kappa shape index (κ1) is 14.5. The second kappa shape index (κ2) is 5.55. The Kier molecular flexibility index (Phi) is 3.51. The number of aliphatic carboxylic acids is 1. The number of fused-ring (bicyclic) bond motifs is 2. The quantitative estimate of drug-likeness (QED) is 0.925. The van der Waals surface area contributed by atoms with Crippen LogP contribution in [0.1, 0.15) is 30.4 Å². The molecule has 3 atom stereocenters. The van der Waals surface area contributed by atoms with Gasteiger partial charge in [0.05, 0.1) is 13.0 Å². The number of hydrogen-bond donors (Lipinski definition) is 1. The van der Waals surface area contributed by atoms with Crippen LogP contribution in [0.3, 0.4) is 0 Å². The van der Waals surface area contributed by atoms with E-state index in [2.05, 4.69) is 0 Å². The van der Waals surface area contributed by atoms with Crippen LogP contribution in [0.4, 0.5) is 0 Å². The molecule has 0 unspecified atom stereocenters. The molecule has 1 amide bonds. The summed E-state index contributed by atoms with van der Waals surface area (Å²) in [5, 5.41) is 9.56. The van der Waals surface area contributed by atoms with Crippen molar-refractivity contribution in [2.75, 3.05) is 13.2 Å². The Morgan fingerprint density at radius 1 is 1.30 bits per heavy atom. The number of carbonyl (C=O) groups excluding carboxylic acids is 1. The van der Waals surface area contributed by atoms with Crippen molar-refractivity contribution in [1.82, 2.24) is 4.90 Å². The zero-order chi connectivity index (χ0) is 16.0. The number of hydrogen-bond acceptors (Lipinski definition) is 3. The summed E-state index contributed by atoms with van der Waals surface area (Å²) in [7, 11) is 0. The third-order valence-electron chi connectivity index (χ3n) is 5.57. The van der Waals surface area contributed by atoms with Gasteiger partial charge in [-0.05, 0) is 41.9 Å². The van der Waals surface area contributed by atoms with Gasteiger partial charge in [0.1, 0.15) is 11.8 Å². The molecule has 0 aromatic heterocycles. The van der Waals surface area contributed by atoms with Gasteiger partial charge in [-0.3, -0.25) is 4.79 Å². The van der Waals surface area contributed by atoms with Crippen LogP contribution < -0.4 is 4.74 Å². The van der Waals surface area contributed by atoms with Crippen LogP contribution in [-0.2, 0) is 22.4 Å². The summed E-state index contributed by atoms with van der Waals surface area (Å²) in [4.78, 5) is 26.0. The molecular formula is C18H21NO4. The molecule has 2 heterocycles. The van der Waals surface area contributed by atoms with Crippen molar-refractivity contribution in [3.05, 3.63) is 29.3 Å². The standard InChI is InChI=1S/C18H21NO4/c20-16(9-11-4-5-15-12(8-11)6-7-23-15)19-10-13-2-1-3-14(13)17(19)18(21)22/h4-5,8,13-14,17H,1-3,6-7,9-10H2,(H,21,22)/t13-,14-,17-/m0/s1. The van der Waals surface area contributed by atoms with Crippen LogP contribution in [0.2, 0.25) is 0 Å². The third kappa shape index (κ3) is 2.48. The van der Waals surface area contributed by atoms with E-state index in [0.29, 0.717) is 19.1 Å². The summed E-state index contributed by atoms with van der Waals surface area (Å²) in [6.45, 7) is 1.30. The molecule has 2 aliphatic heterocycles. The lowest BCUT2D eigenvalue weighted by Gasteiger charge is -2.24. The predicted molar refractivity (Wildman–Crippen MR) is 83.3 cm³/mol. The summed E-state index contributed by atoms with van der Waals surface area (Å²) in [5.41, 5.74) is 2.09. The maximum atomic E-state index is 12.7. The number of rotatable bonds is 3. The largest absolute Gasteiger partial charge is 0.493 e. The fraction of sp³-hybridized carbons (Fsp3) is 0.556. The Labute approximate surface area is 135 Å². The van der Waals surface area contributed by atoms with Gasteiger partial charge in [0.15, 0.2) is 0 Å². The van der Waals surface area contributed by atoms with Crippen molar-refractivity contribution in [2.24, 2.45) is 11.8 Å². The first-order chi connectivity index (χ1) is 11.1. The maximum absolute atomic E-state index is 12.7. The van der Waals surface area contributed by atoms with Crippen molar-refractivity contribution >= 4 is 11.9 Å². The molecule has 5 heteroatoms. The lowest BCUT2D eigenvalue weighted by molar-refractivity contribution is -0.149. The highest BCUT2D eigenvalue weighted by molar-refractivity contribution is 5.86. The van der Waals surface area contributed by atoms with Crippen LogP contribution in [0, 0.1) is 11.8 Å². The van der Waals surface area contributed by atoms with Crippen molar-refractivity contribution in [3.63, 3.8) is 0 Å². The average molecular weight is 315 g/mol. The molecular weight excluding hydrogens is 294 g/mol. The first-order valence-corrected chi connectivity index (χ1v) is 8.40. The zero-order valence-corrected chi connectivity index (χ0v) is 13.0. The molecule has 122 valence electrons. The molecule has 2 fully saturated rings. The minimum atomic E-state index is -0.852. The molecule has 1 aromatic rings. The van der Waals surface area contributed by atoms with Gasteiger partial charge in [-0.15, -0.1) is 0 Å². The van der Waals surface area contributed by atoms with E-state index in [0.717, 1.165) is 42.6 Å². The highest BCUT2D eigenvalue weighted by Crippen LogP contribution is 2.42. The van der Waals surface area contributed by atoms with Crippen molar-refractivity contribution in [3.8, 4) is 5.75 Å². The molecule has 23 heavy (non-hydrogen) atoms. The zero-order valence-electron chi connectivity index (χ0n) is 13.0. The van der Waals surface area contributed by atoms with Crippen LogP contribution in [0.5, 0.6) is 5.75 Å². The second-order valence-corrected chi connectivity index (χ2v) is 6.90. The lowest BCUT2D eigenvalue weighted by atomic mass is 9.94. The van der Waals surface area contributed by atoms with Gasteiger partial charge in [0.25, 0.3) is 0 Å². The Morgan fingerprint density at radius 2 is 2.17 bits per heavy atom. The van der Waals surface area contributed by atoms with Crippen LogP contribution >= 0.6 is 0 Å². The van der Waals surface area contributed by atoms with Crippen LogP contribution in [-0.4, -0.2) is 41.1 Å². The van der Waals surface area contributed by atoms with Gasteiger partial charge in [-0.2, -0.15) is 0 Å². The van der Waals surface area contributed by atoms with E-state index >= 15 is 0 Å². The molecule has 1 aromatic carbocycles. The molecule has 1 N–H and O–H groups in total. The Balaban J connectivity index is 1.51. The number of benzene rings is 1. The van der Waals surface area contributed by atoms with Crippen molar-refractivity contribution < 1.29 is 19.4 Å². The third-order valence-corrected chi connectivity index (χ3v) is 5.57. The maximum Gasteiger partial charge on any atom is 0.326 e. The van der Waals surface area contributed by atoms with Gasteiger partial charge in [-0.1, -0.05) is 18.6 Å². The van der Waals surface area contributed by atoms with E-state index in [9.17, 15) is 14.7 Å². The molecule has 5 nitrogen and oxygen atoms in total. The molecule has 1 saturated carbocycles. The van der Waals surface area contributed by atoms with E-state index in [1.54, 1.807) is 4.90 Å². The summed E-state index contributed by atoms with van der Waals surface area (Å²) >= 11 is 0. The number of nitrogens with zero attached hydrogens (tertiary/aromatic N) is 1. The van der Waals surface area contributed by atoms with E-state index in [4.69, 9.17) is 4.74 Å². The molecule has 3 aliphatic rings. The van der Waals surface area contributed by atoms with Crippen LogP contribution in [0.15, 0.2) is 18.2 Å². The topological polar surface area (TPSA) is 66.8 Å². The highest BCUT2D eigenvalue weighted by Gasteiger charge is 2.49. The summed E-state index contributed by atoms with van der Waals surface area (Å²) in [5.74, 6) is 0.499. The van der Waals surface area contributed by atoms with E-state index in [1.807, 2.05) is 18.2 Å². The number of likely N-dealkylation sites (tertiary alicyclic amines) is 1. The molecule has 0 spiro atoms. The van der Waals surface area contributed by atoms with E-state index in [1.165, 1.54) is 0 Å². The number of carboxylic acids is 1. The van der Waals surface area contributed by atoms with Crippen molar-refractivity contribution in [2.45, 2.75) is 38.1 Å². The Morgan fingerprint density at radius 3 is 3.00 bits per heavy atom. The Hall–Kier alpha value is -2.04. The van der Waals surface area contributed by atoms with Gasteiger partial charge in [0.2, 0.25) is 5.91 Å². The average Bonchev–Trinajstić information content (AvgIpc) is 3.20. The first-order valence-electron chi connectivity index (χ1n) is 8.40. The number of amides is 1. The summed E-state index contributed by atoms with van der Waals surface area (Å²) in [6.07, 6.45) is 4.22. The Bertz CT molecular complexity index is 656. The SMILES string of the molecule is O=C(O)[C@@H]1[C@H]2CCC[C@H]2CN1C(=O)Cc1ccc2c(c1)CCO2. The van der Waals surface area contributed by atoms with Crippen LogP contribution in [0.25, 0.3) is 0 Å². The minimum absolute atomic E-state index is 0.0642. The number of ether oxygens (including phenoxy) is 1.